The first kappa shape index (κ1) is 18.1. The molecule has 0 radical (unpaired) electrons. The summed E-state index contributed by atoms with van der Waals surface area (Å²) in [4.78, 5) is 26.7. The predicted octanol–water partition coefficient (Wildman–Crippen LogP) is 3.47. The van der Waals surface area contributed by atoms with E-state index in [4.69, 9.17) is 0 Å². The molecular weight excluding hydrogens is 346 g/mol. The maximum atomic E-state index is 12.2. The number of carbonyl (C=O) groups is 1. The zero-order valence-electron chi connectivity index (χ0n) is 14.8. The molecule has 2 aromatic carbocycles. The summed E-state index contributed by atoms with van der Waals surface area (Å²) in [6, 6.07) is 12.0. The van der Waals surface area contributed by atoms with Crippen molar-refractivity contribution in [3.8, 4) is 0 Å². The van der Waals surface area contributed by atoms with Gasteiger partial charge in [-0.05, 0) is 24.1 Å². The van der Waals surface area contributed by atoms with Crippen LogP contribution in [0.2, 0.25) is 0 Å². The number of aromatic nitrogens is 2. The molecular formula is C19H19N5O3. The van der Waals surface area contributed by atoms with E-state index in [0.717, 1.165) is 11.1 Å². The predicted molar refractivity (Wildman–Crippen MR) is 101 cm³/mol. The number of hydrogen-bond acceptors (Lipinski definition) is 4. The van der Waals surface area contributed by atoms with E-state index < -0.39 is 11.0 Å². The average molecular weight is 365 g/mol. The molecule has 0 aliphatic heterocycles. The molecule has 0 bridgehead atoms. The number of nitrogens with zero attached hydrogens (tertiary/aromatic N) is 3. The highest BCUT2D eigenvalue weighted by molar-refractivity contribution is 5.90. The maximum absolute atomic E-state index is 12.2. The van der Waals surface area contributed by atoms with Crippen LogP contribution in [0.5, 0.6) is 0 Å². The summed E-state index contributed by atoms with van der Waals surface area (Å²) >= 11 is 0. The first-order valence-corrected chi connectivity index (χ1v) is 8.35. The molecule has 0 saturated carbocycles. The van der Waals surface area contributed by atoms with Gasteiger partial charge in [-0.3, -0.25) is 10.1 Å². The second kappa shape index (κ2) is 8.13. The van der Waals surface area contributed by atoms with Gasteiger partial charge in [0.2, 0.25) is 0 Å². The Labute approximate surface area is 156 Å². The van der Waals surface area contributed by atoms with Gasteiger partial charge >= 0.3 is 6.03 Å². The lowest BCUT2D eigenvalue weighted by Crippen LogP contribution is -2.28. The number of carbonyl (C=O) groups excluding carboxylic acids is 1. The fraction of sp³-hybridized carbons (Fsp3) is 0.158. The van der Waals surface area contributed by atoms with Crippen molar-refractivity contribution < 1.29 is 9.72 Å². The van der Waals surface area contributed by atoms with Gasteiger partial charge < -0.3 is 15.2 Å². The van der Waals surface area contributed by atoms with Crippen LogP contribution < -0.4 is 10.6 Å². The normalized spacial score (nSPS) is 10.4. The van der Waals surface area contributed by atoms with Crippen LogP contribution in [0.1, 0.15) is 16.7 Å². The number of imidazole rings is 1. The minimum Gasteiger partial charge on any atom is -0.334 e. The zero-order valence-corrected chi connectivity index (χ0v) is 14.8. The topological polar surface area (TPSA) is 102 Å². The molecule has 2 N–H and O–H groups in total. The number of benzene rings is 2. The van der Waals surface area contributed by atoms with Crippen molar-refractivity contribution in [1.29, 1.82) is 0 Å². The van der Waals surface area contributed by atoms with Crippen LogP contribution in [0.4, 0.5) is 16.2 Å². The third-order valence-electron chi connectivity index (χ3n) is 4.12. The van der Waals surface area contributed by atoms with E-state index in [0.29, 0.717) is 24.3 Å². The van der Waals surface area contributed by atoms with Gasteiger partial charge in [-0.2, -0.15) is 0 Å². The van der Waals surface area contributed by atoms with Crippen LogP contribution in [-0.2, 0) is 13.1 Å². The molecule has 1 heterocycles. The summed E-state index contributed by atoms with van der Waals surface area (Å²) < 4.78 is 1.96. The van der Waals surface area contributed by atoms with E-state index in [-0.39, 0.29) is 5.69 Å². The highest BCUT2D eigenvalue weighted by Crippen LogP contribution is 2.24. The minimum absolute atomic E-state index is 0.0278. The largest absolute Gasteiger partial charge is 0.334 e. The molecule has 0 saturated heterocycles. The molecule has 8 heteroatoms. The van der Waals surface area contributed by atoms with Crippen LogP contribution in [0.3, 0.4) is 0 Å². The molecule has 138 valence electrons. The van der Waals surface area contributed by atoms with E-state index in [1.165, 1.54) is 6.07 Å². The van der Waals surface area contributed by atoms with Gasteiger partial charge in [0.25, 0.3) is 5.69 Å². The van der Waals surface area contributed by atoms with Gasteiger partial charge in [0, 0.05) is 31.5 Å². The number of amides is 2. The molecule has 0 aliphatic carbocycles. The second-order valence-electron chi connectivity index (χ2n) is 6.07. The van der Waals surface area contributed by atoms with E-state index in [2.05, 4.69) is 15.6 Å². The van der Waals surface area contributed by atoms with Crippen LogP contribution in [0.25, 0.3) is 0 Å². The number of urea groups is 1. The highest BCUT2D eigenvalue weighted by atomic mass is 16.6. The smallest absolute Gasteiger partial charge is 0.319 e. The van der Waals surface area contributed by atoms with Gasteiger partial charge in [0.15, 0.2) is 0 Å². The van der Waals surface area contributed by atoms with Gasteiger partial charge in [-0.25, -0.2) is 9.78 Å². The Hall–Kier alpha value is -3.68. The average Bonchev–Trinajstić information content (AvgIpc) is 3.15. The number of hydrogen-bond donors (Lipinski definition) is 2. The number of anilines is 1. The quantitative estimate of drug-likeness (QED) is 0.516. The lowest BCUT2D eigenvalue weighted by Gasteiger charge is -2.11. The summed E-state index contributed by atoms with van der Waals surface area (Å²) in [6.07, 6.45) is 5.37. The van der Waals surface area contributed by atoms with E-state index in [1.54, 1.807) is 31.6 Å². The van der Waals surface area contributed by atoms with Gasteiger partial charge in [0.05, 0.1) is 22.5 Å². The number of rotatable bonds is 6. The summed E-state index contributed by atoms with van der Waals surface area (Å²) in [5.41, 5.74) is 2.86. The van der Waals surface area contributed by atoms with Gasteiger partial charge in [-0.15, -0.1) is 0 Å². The molecule has 0 fully saturated rings. The van der Waals surface area contributed by atoms with Crippen molar-refractivity contribution in [2.24, 2.45) is 0 Å². The molecule has 0 unspecified atom stereocenters. The second-order valence-corrected chi connectivity index (χ2v) is 6.07. The molecule has 3 rings (SSSR count). The fourth-order valence-corrected chi connectivity index (χ4v) is 2.73. The Kier molecular flexibility index (Phi) is 5.46. The van der Waals surface area contributed by atoms with E-state index >= 15 is 0 Å². The Bertz CT molecular complexity index is 954. The Morgan fingerprint density at radius 3 is 2.74 bits per heavy atom. The van der Waals surface area contributed by atoms with Crippen molar-refractivity contribution in [2.75, 3.05) is 5.32 Å². The molecule has 3 aromatic rings. The molecule has 0 spiro atoms. The van der Waals surface area contributed by atoms with Crippen molar-refractivity contribution in [2.45, 2.75) is 20.0 Å². The summed E-state index contributed by atoms with van der Waals surface area (Å²) in [6.45, 7) is 2.65. The van der Waals surface area contributed by atoms with Crippen molar-refractivity contribution in [1.82, 2.24) is 14.9 Å². The highest BCUT2D eigenvalue weighted by Gasteiger charge is 2.14. The molecule has 2 amide bonds. The molecule has 27 heavy (non-hydrogen) atoms. The first-order chi connectivity index (χ1) is 13.0. The Balaban J connectivity index is 1.60. The SMILES string of the molecule is Cc1c(NC(=O)NCc2cccc(Cn3ccnc3)c2)cccc1[N+](=O)[O-]. The molecule has 0 atom stereocenters. The van der Waals surface area contributed by atoms with Crippen molar-refractivity contribution in [3.05, 3.63) is 88.0 Å². The van der Waals surface area contributed by atoms with Crippen LogP contribution in [0, 0.1) is 17.0 Å². The number of nitro benzene ring substituents is 1. The lowest BCUT2D eigenvalue weighted by molar-refractivity contribution is -0.385. The monoisotopic (exact) mass is 365 g/mol. The summed E-state index contributed by atoms with van der Waals surface area (Å²) in [5, 5.41) is 16.4. The van der Waals surface area contributed by atoms with E-state index in [9.17, 15) is 14.9 Å². The van der Waals surface area contributed by atoms with Crippen molar-refractivity contribution in [3.63, 3.8) is 0 Å². The van der Waals surface area contributed by atoms with E-state index in [1.807, 2.05) is 35.0 Å². The number of nitrogens with one attached hydrogen (secondary N) is 2. The third-order valence-corrected chi connectivity index (χ3v) is 4.12. The fourth-order valence-electron chi connectivity index (χ4n) is 2.73. The van der Waals surface area contributed by atoms with Crippen LogP contribution in [-0.4, -0.2) is 20.5 Å². The Morgan fingerprint density at radius 2 is 2.00 bits per heavy atom. The number of nitro groups is 1. The molecule has 1 aromatic heterocycles. The third kappa shape index (κ3) is 4.69. The minimum atomic E-state index is -0.468. The lowest BCUT2D eigenvalue weighted by atomic mass is 10.1. The maximum Gasteiger partial charge on any atom is 0.319 e. The van der Waals surface area contributed by atoms with Crippen LogP contribution >= 0.6 is 0 Å². The first-order valence-electron chi connectivity index (χ1n) is 8.35. The molecule has 0 aliphatic rings. The zero-order chi connectivity index (χ0) is 19.2. The standard InChI is InChI=1S/C19H19N5O3/c1-14-17(6-3-7-18(14)24(26)27)22-19(25)21-11-15-4-2-5-16(10-15)12-23-9-8-20-13-23/h2-10,13H,11-12H2,1H3,(H2,21,22,25). The van der Waals surface area contributed by atoms with Gasteiger partial charge in [0.1, 0.15) is 0 Å². The van der Waals surface area contributed by atoms with Gasteiger partial charge in [-0.1, -0.05) is 30.3 Å². The molecule has 8 nitrogen and oxygen atoms in total. The van der Waals surface area contributed by atoms with Crippen LogP contribution in [0.15, 0.2) is 61.2 Å². The summed E-state index contributed by atoms with van der Waals surface area (Å²) in [7, 11) is 0. The summed E-state index contributed by atoms with van der Waals surface area (Å²) in [5.74, 6) is 0. The Morgan fingerprint density at radius 1 is 1.22 bits per heavy atom. The van der Waals surface area contributed by atoms with Crippen molar-refractivity contribution >= 4 is 17.4 Å².